The fourth-order valence-electron chi connectivity index (χ4n) is 4.14. The zero-order chi connectivity index (χ0) is 18.9. The molecule has 0 spiro atoms. The van der Waals surface area contributed by atoms with Gasteiger partial charge in [-0.15, -0.1) is 0 Å². The third kappa shape index (κ3) is 3.39. The van der Waals surface area contributed by atoms with Crippen molar-refractivity contribution in [2.24, 2.45) is 5.92 Å². The van der Waals surface area contributed by atoms with Crippen molar-refractivity contribution in [2.45, 2.75) is 31.2 Å². The molecule has 1 aromatic carbocycles. The second-order valence-electron chi connectivity index (χ2n) is 7.38. The van der Waals surface area contributed by atoms with Gasteiger partial charge in [-0.25, -0.2) is 4.68 Å². The highest BCUT2D eigenvalue weighted by Crippen LogP contribution is 2.46. The molecule has 6 heteroatoms. The first-order valence-corrected chi connectivity index (χ1v) is 9.46. The molecule has 2 aromatic rings. The number of piperidine rings is 1. The Hall–Kier alpha value is -2.89. The maximum atomic E-state index is 13.1. The lowest BCUT2D eigenvalue weighted by Gasteiger charge is -2.37. The van der Waals surface area contributed by atoms with Gasteiger partial charge in [0.1, 0.15) is 0 Å². The highest BCUT2D eigenvalue weighted by molar-refractivity contribution is 5.97. The van der Waals surface area contributed by atoms with Gasteiger partial charge in [-0.3, -0.25) is 9.59 Å². The van der Waals surface area contributed by atoms with E-state index in [0.29, 0.717) is 24.6 Å². The van der Waals surface area contributed by atoms with Crippen molar-refractivity contribution in [3.05, 3.63) is 60.9 Å². The smallest absolute Gasteiger partial charge is 0.256 e. The van der Waals surface area contributed by atoms with Crippen molar-refractivity contribution in [3.8, 4) is 5.69 Å². The zero-order valence-corrected chi connectivity index (χ0v) is 15.3. The average Bonchev–Trinajstić information content (AvgIpc) is 3.28. The molecule has 1 aliphatic heterocycles. The van der Waals surface area contributed by atoms with Crippen LogP contribution in [0.25, 0.3) is 5.69 Å². The Balaban J connectivity index is 1.44. The van der Waals surface area contributed by atoms with E-state index in [-0.39, 0.29) is 17.4 Å². The number of likely N-dealkylation sites (tertiary alicyclic amines) is 1. The van der Waals surface area contributed by atoms with Gasteiger partial charge in [0.2, 0.25) is 5.91 Å². The maximum absolute atomic E-state index is 13.1. The van der Waals surface area contributed by atoms with Crippen LogP contribution in [0.4, 0.5) is 0 Å². The highest BCUT2D eigenvalue weighted by atomic mass is 16.2. The van der Waals surface area contributed by atoms with E-state index in [9.17, 15) is 9.59 Å². The van der Waals surface area contributed by atoms with Crippen molar-refractivity contribution in [1.29, 1.82) is 0 Å². The SMILES string of the molecule is C=CC(=O)NC1(C2CCN(C(=O)c3ccccc3-n3cccn3)CC2)CC1. The molecular formula is C21H24N4O2. The van der Waals surface area contributed by atoms with E-state index in [0.717, 1.165) is 31.4 Å². The molecule has 0 unspecified atom stereocenters. The molecule has 1 saturated carbocycles. The fraction of sp³-hybridized carbons (Fsp3) is 0.381. The van der Waals surface area contributed by atoms with E-state index in [1.54, 1.807) is 10.9 Å². The van der Waals surface area contributed by atoms with Crippen LogP contribution in [0.3, 0.4) is 0 Å². The lowest BCUT2D eigenvalue weighted by atomic mass is 9.87. The normalized spacial score (nSPS) is 18.7. The number of rotatable bonds is 5. The van der Waals surface area contributed by atoms with Crippen molar-refractivity contribution in [3.63, 3.8) is 0 Å². The van der Waals surface area contributed by atoms with Crippen LogP contribution in [0.2, 0.25) is 0 Å². The summed E-state index contributed by atoms with van der Waals surface area (Å²) in [5.74, 6) is 0.366. The first kappa shape index (κ1) is 17.5. The van der Waals surface area contributed by atoms with Gasteiger partial charge in [-0.05, 0) is 55.9 Å². The molecule has 1 saturated heterocycles. The van der Waals surface area contributed by atoms with E-state index in [2.05, 4.69) is 17.0 Å². The zero-order valence-electron chi connectivity index (χ0n) is 15.3. The van der Waals surface area contributed by atoms with Crippen LogP contribution in [0, 0.1) is 5.92 Å². The molecule has 27 heavy (non-hydrogen) atoms. The summed E-state index contributed by atoms with van der Waals surface area (Å²) in [7, 11) is 0. The Bertz CT molecular complexity index is 847. The van der Waals surface area contributed by atoms with Gasteiger partial charge in [0, 0.05) is 31.0 Å². The van der Waals surface area contributed by atoms with Crippen LogP contribution in [0.15, 0.2) is 55.4 Å². The molecule has 4 rings (SSSR count). The number of hydrogen-bond acceptors (Lipinski definition) is 3. The second-order valence-corrected chi connectivity index (χ2v) is 7.38. The number of aromatic nitrogens is 2. The number of benzene rings is 1. The average molecular weight is 364 g/mol. The van der Waals surface area contributed by atoms with Gasteiger partial charge in [-0.2, -0.15) is 5.10 Å². The molecule has 0 atom stereocenters. The highest BCUT2D eigenvalue weighted by Gasteiger charge is 2.50. The van der Waals surface area contributed by atoms with Crippen LogP contribution in [0.5, 0.6) is 0 Å². The summed E-state index contributed by atoms with van der Waals surface area (Å²) in [5, 5.41) is 7.38. The Morgan fingerprint density at radius 2 is 1.93 bits per heavy atom. The topological polar surface area (TPSA) is 67.2 Å². The lowest BCUT2D eigenvalue weighted by molar-refractivity contribution is -0.118. The van der Waals surface area contributed by atoms with Crippen LogP contribution >= 0.6 is 0 Å². The van der Waals surface area contributed by atoms with E-state index < -0.39 is 0 Å². The quantitative estimate of drug-likeness (QED) is 0.829. The summed E-state index contributed by atoms with van der Waals surface area (Å²) in [5.41, 5.74) is 1.39. The van der Waals surface area contributed by atoms with E-state index in [1.807, 2.05) is 41.4 Å². The van der Waals surface area contributed by atoms with Crippen molar-refractivity contribution >= 4 is 11.8 Å². The predicted molar refractivity (Wildman–Crippen MR) is 102 cm³/mol. The molecule has 2 aliphatic rings. The standard InChI is InChI=1S/C21H24N4O2/c1-2-19(26)23-21(10-11-21)16-8-14-24(15-9-16)20(27)17-6-3-4-7-18(17)25-13-5-12-22-25/h2-7,12-13,16H,1,8-11,14-15H2,(H,23,26). The molecule has 1 aliphatic carbocycles. The summed E-state index contributed by atoms with van der Waals surface area (Å²) in [6.07, 6.45) is 8.75. The third-order valence-corrected chi connectivity index (χ3v) is 5.80. The van der Waals surface area contributed by atoms with Crippen LogP contribution < -0.4 is 5.32 Å². The predicted octanol–water partition coefficient (Wildman–Crippen LogP) is 2.56. The summed E-state index contributed by atoms with van der Waals surface area (Å²) < 4.78 is 1.73. The molecule has 0 radical (unpaired) electrons. The van der Waals surface area contributed by atoms with Crippen molar-refractivity contribution in [1.82, 2.24) is 20.0 Å². The fourth-order valence-corrected chi connectivity index (χ4v) is 4.14. The van der Waals surface area contributed by atoms with E-state index in [4.69, 9.17) is 0 Å². The Labute approximate surface area is 158 Å². The summed E-state index contributed by atoms with van der Waals surface area (Å²) in [4.78, 5) is 26.8. The number of carbonyl (C=O) groups is 2. The van der Waals surface area contributed by atoms with Gasteiger partial charge < -0.3 is 10.2 Å². The Morgan fingerprint density at radius 1 is 1.19 bits per heavy atom. The monoisotopic (exact) mass is 364 g/mol. The van der Waals surface area contributed by atoms with Gasteiger partial charge in [0.05, 0.1) is 11.3 Å². The van der Waals surface area contributed by atoms with E-state index >= 15 is 0 Å². The Morgan fingerprint density at radius 3 is 2.56 bits per heavy atom. The van der Waals surface area contributed by atoms with Crippen molar-refractivity contribution < 1.29 is 9.59 Å². The first-order valence-electron chi connectivity index (χ1n) is 9.46. The molecular weight excluding hydrogens is 340 g/mol. The molecule has 2 amide bonds. The van der Waals surface area contributed by atoms with Crippen LogP contribution in [-0.4, -0.2) is 45.1 Å². The summed E-state index contributed by atoms with van der Waals surface area (Å²) in [6, 6.07) is 9.42. The first-order chi connectivity index (χ1) is 13.1. The van der Waals surface area contributed by atoms with Crippen LogP contribution in [-0.2, 0) is 4.79 Å². The molecule has 0 bridgehead atoms. The van der Waals surface area contributed by atoms with Gasteiger partial charge >= 0.3 is 0 Å². The Kier molecular flexibility index (Phi) is 4.56. The number of carbonyl (C=O) groups excluding carboxylic acids is 2. The number of nitrogens with zero attached hydrogens (tertiary/aromatic N) is 3. The summed E-state index contributed by atoms with van der Waals surface area (Å²) in [6.45, 7) is 4.97. The van der Waals surface area contributed by atoms with E-state index in [1.165, 1.54) is 6.08 Å². The molecule has 6 nitrogen and oxygen atoms in total. The minimum Gasteiger partial charge on any atom is -0.347 e. The molecule has 2 heterocycles. The molecule has 140 valence electrons. The number of amides is 2. The van der Waals surface area contributed by atoms with Gasteiger partial charge in [0.15, 0.2) is 0 Å². The van der Waals surface area contributed by atoms with Crippen molar-refractivity contribution in [2.75, 3.05) is 13.1 Å². The molecule has 1 N–H and O–H groups in total. The minimum absolute atomic E-state index is 0.0412. The second kappa shape index (κ2) is 7.02. The third-order valence-electron chi connectivity index (χ3n) is 5.80. The maximum Gasteiger partial charge on any atom is 0.256 e. The molecule has 1 aromatic heterocycles. The minimum atomic E-state index is -0.0980. The number of hydrogen-bond donors (Lipinski definition) is 1. The molecule has 2 fully saturated rings. The van der Waals surface area contributed by atoms with Gasteiger partial charge in [0.25, 0.3) is 5.91 Å². The van der Waals surface area contributed by atoms with Gasteiger partial charge in [-0.1, -0.05) is 18.7 Å². The lowest BCUT2D eigenvalue weighted by Crippen LogP contribution is -2.48. The number of nitrogens with one attached hydrogen (secondary N) is 1. The van der Waals surface area contributed by atoms with Crippen LogP contribution in [0.1, 0.15) is 36.0 Å². The largest absolute Gasteiger partial charge is 0.347 e. The number of para-hydroxylation sites is 1. The summed E-state index contributed by atoms with van der Waals surface area (Å²) >= 11 is 0.